The van der Waals surface area contributed by atoms with Crippen LogP contribution in [0, 0.1) is 0 Å². The van der Waals surface area contributed by atoms with Gasteiger partial charge in [-0.1, -0.05) is 29.8 Å². The smallest absolute Gasteiger partial charge is 0.253 e. The summed E-state index contributed by atoms with van der Waals surface area (Å²) in [6.45, 7) is 1.86. The Kier molecular flexibility index (Phi) is 6.03. The molecule has 1 saturated heterocycles. The van der Waals surface area contributed by atoms with Crippen molar-refractivity contribution in [3.63, 3.8) is 0 Å². The lowest BCUT2D eigenvalue weighted by Gasteiger charge is -2.32. The van der Waals surface area contributed by atoms with E-state index in [9.17, 15) is 9.90 Å². The van der Waals surface area contributed by atoms with Gasteiger partial charge in [-0.3, -0.25) is 14.3 Å². The van der Waals surface area contributed by atoms with Crippen LogP contribution < -0.4 is 0 Å². The zero-order valence-electron chi connectivity index (χ0n) is 18.0. The minimum absolute atomic E-state index is 0.0151. The summed E-state index contributed by atoms with van der Waals surface area (Å²) in [7, 11) is 0. The van der Waals surface area contributed by atoms with Crippen LogP contribution in [0.5, 0.6) is 5.88 Å². The van der Waals surface area contributed by atoms with E-state index in [-0.39, 0.29) is 17.9 Å². The molecule has 1 fully saturated rings. The normalized spacial score (nSPS) is 14.6. The Morgan fingerprint density at radius 2 is 1.85 bits per heavy atom. The Hall–Kier alpha value is -3.35. The van der Waals surface area contributed by atoms with Crippen LogP contribution in [0.15, 0.2) is 73.2 Å². The number of carbonyl (C=O) groups is 1. The maximum atomic E-state index is 13.2. The van der Waals surface area contributed by atoms with Gasteiger partial charge in [-0.15, -0.1) is 0 Å². The number of amides is 1. The summed E-state index contributed by atoms with van der Waals surface area (Å²) in [5, 5.41) is 12.7. The second-order valence-corrected chi connectivity index (χ2v) is 8.64. The predicted molar refractivity (Wildman–Crippen MR) is 128 cm³/mol. The zero-order valence-corrected chi connectivity index (χ0v) is 18.8. The fourth-order valence-corrected chi connectivity index (χ4v) is 4.56. The molecule has 7 heteroatoms. The summed E-state index contributed by atoms with van der Waals surface area (Å²) in [4.78, 5) is 19.1. The average molecular weight is 462 g/mol. The first-order valence-corrected chi connectivity index (χ1v) is 11.4. The van der Waals surface area contributed by atoms with Crippen LogP contribution in [-0.4, -0.2) is 44.7 Å². The zero-order chi connectivity index (χ0) is 22.8. The van der Waals surface area contributed by atoms with E-state index < -0.39 is 0 Å². The lowest BCUT2D eigenvalue weighted by atomic mass is 10.1. The molecule has 168 valence electrons. The van der Waals surface area contributed by atoms with Crippen molar-refractivity contribution in [2.24, 2.45) is 0 Å². The minimum Gasteiger partial charge on any atom is -0.494 e. The lowest BCUT2D eigenvalue weighted by molar-refractivity contribution is -0.000404. The van der Waals surface area contributed by atoms with Gasteiger partial charge in [-0.2, -0.15) is 0 Å². The summed E-state index contributed by atoms with van der Waals surface area (Å²) in [6.07, 6.45) is 7.10. The fourth-order valence-electron chi connectivity index (χ4n) is 4.29. The molecule has 33 heavy (non-hydrogen) atoms. The van der Waals surface area contributed by atoms with Gasteiger partial charge in [0.15, 0.2) is 0 Å². The quantitative estimate of drug-likeness (QED) is 0.443. The van der Waals surface area contributed by atoms with Crippen LogP contribution in [-0.2, 0) is 11.3 Å². The minimum atomic E-state index is -0.0151. The van der Waals surface area contributed by atoms with E-state index in [4.69, 9.17) is 16.3 Å². The summed E-state index contributed by atoms with van der Waals surface area (Å²) in [6, 6.07) is 16.7. The molecule has 1 amide bonds. The van der Waals surface area contributed by atoms with Gasteiger partial charge < -0.3 is 14.7 Å². The van der Waals surface area contributed by atoms with Crippen LogP contribution in [0.4, 0.5) is 0 Å². The van der Waals surface area contributed by atoms with E-state index in [1.165, 1.54) is 0 Å². The number of hydrogen-bond acceptors (Lipinski definition) is 4. The standard InChI is InChI=1S/C26H24ClN3O3/c27-23-6-2-4-20-16-30(26(32)24(20)23)21-5-1-3-19(15-21)25(31)29-13-9-22(10-14-29)33-17-18-7-11-28-12-8-18/h1-8,11-12,15-16,22,32H,9-10,13-14,17H2. The Morgan fingerprint density at radius 3 is 2.61 bits per heavy atom. The summed E-state index contributed by atoms with van der Waals surface area (Å²) < 4.78 is 7.68. The number of hydrogen-bond donors (Lipinski definition) is 1. The van der Waals surface area contributed by atoms with Gasteiger partial charge in [-0.05, 0) is 54.8 Å². The Balaban J connectivity index is 1.27. The predicted octanol–water partition coefficient (Wildman–Crippen LogP) is 5.21. The number of aromatic hydroxyl groups is 1. The molecule has 0 atom stereocenters. The molecule has 5 rings (SSSR count). The number of likely N-dealkylation sites (tertiary alicyclic amines) is 1. The summed E-state index contributed by atoms with van der Waals surface area (Å²) in [5.41, 5.74) is 2.40. The molecule has 0 bridgehead atoms. The first-order valence-electron chi connectivity index (χ1n) is 11.0. The van der Waals surface area contributed by atoms with E-state index in [0.717, 1.165) is 23.8 Å². The van der Waals surface area contributed by atoms with Crippen molar-refractivity contribution in [1.29, 1.82) is 0 Å². The molecule has 4 aromatic rings. The maximum Gasteiger partial charge on any atom is 0.253 e. The number of nitrogens with zero attached hydrogens (tertiary/aromatic N) is 3. The third-order valence-corrected chi connectivity index (χ3v) is 6.42. The highest BCUT2D eigenvalue weighted by molar-refractivity contribution is 6.36. The molecule has 0 spiro atoms. The number of ether oxygens (including phenoxy) is 1. The number of benzene rings is 2. The Labute approximate surface area is 197 Å². The SMILES string of the molecule is O=C(c1cccc(-n2cc3cccc(Cl)c3c2O)c1)N1CCC(OCc2ccncc2)CC1. The largest absolute Gasteiger partial charge is 0.494 e. The highest BCUT2D eigenvalue weighted by Crippen LogP contribution is 2.35. The van der Waals surface area contributed by atoms with E-state index in [2.05, 4.69) is 4.98 Å². The number of pyridine rings is 1. The Morgan fingerprint density at radius 1 is 1.09 bits per heavy atom. The van der Waals surface area contributed by atoms with Crippen LogP contribution in [0.25, 0.3) is 16.5 Å². The Bertz CT molecular complexity index is 1280. The third kappa shape index (κ3) is 4.45. The van der Waals surface area contributed by atoms with E-state index in [1.54, 1.807) is 29.1 Å². The lowest BCUT2D eigenvalue weighted by Crippen LogP contribution is -2.40. The second-order valence-electron chi connectivity index (χ2n) is 8.24. The molecule has 0 aliphatic carbocycles. The van der Waals surface area contributed by atoms with E-state index >= 15 is 0 Å². The molecule has 2 aromatic carbocycles. The molecule has 0 saturated carbocycles. The van der Waals surface area contributed by atoms with Crippen molar-refractivity contribution in [3.8, 4) is 11.6 Å². The summed E-state index contributed by atoms with van der Waals surface area (Å²) >= 11 is 6.27. The van der Waals surface area contributed by atoms with Crippen LogP contribution in [0.2, 0.25) is 5.02 Å². The number of halogens is 1. The molecule has 0 radical (unpaired) electrons. The van der Waals surface area contributed by atoms with Crippen LogP contribution in [0.1, 0.15) is 28.8 Å². The molecule has 1 aliphatic heterocycles. The molecule has 0 unspecified atom stereocenters. The second kappa shape index (κ2) is 9.25. The molecule has 3 heterocycles. The van der Waals surface area contributed by atoms with Crippen molar-refractivity contribution in [1.82, 2.24) is 14.5 Å². The molecule has 6 nitrogen and oxygen atoms in total. The van der Waals surface area contributed by atoms with Crippen molar-refractivity contribution >= 4 is 28.3 Å². The van der Waals surface area contributed by atoms with Crippen molar-refractivity contribution in [2.45, 2.75) is 25.6 Å². The number of aromatic nitrogens is 2. The van der Waals surface area contributed by atoms with Gasteiger partial charge in [0, 0.05) is 48.3 Å². The van der Waals surface area contributed by atoms with Crippen molar-refractivity contribution < 1.29 is 14.6 Å². The number of rotatable bonds is 5. The molecular weight excluding hydrogens is 438 g/mol. The molecular formula is C26H24ClN3O3. The number of piperidine rings is 1. The van der Waals surface area contributed by atoms with Gasteiger partial charge in [0.25, 0.3) is 5.91 Å². The van der Waals surface area contributed by atoms with Crippen molar-refractivity contribution in [2.75, 3.05) is 13.1 Å². The first kappa shape index (κ1) is 21.5. The first-order chi connectivity index (χ1) is 16.1. The molecule has 1 N–H and O–H groups in total. The summed E-state index contributed by atoms with van der Waals surface area (Å²) in [5.74, 6) is 0.0472. The maximum absolute atomic E-state index is 13.2. The van der Waals surface area contributed by atoms with Gasteiger partial charge in [0.2, 0.25) is 5.88 Å². The number of fused-ring (bicyclic) bond motifs is 1. The average Bonchev–Trinajstić information content (AvgIpc) is 3.21. The van der Waals surface area contributed by atoms with Crippen LogP contribution >= 0.6 is 11.6 Å². The number of carbonyl (C=O) groups excluding carboxylic acids is 1. The molecule has 2 aromatic heterocycles. The van der Waals surface area contributed by atoms with Crippen LogP contribution in [0.3, 0.4) is 0 Å². The fraction of sp³-hybridized carbons (Fsp3) is 0.231. The van der Waals surface area contributed by atoms with E-state index in [1.807, 2.05) is 53.6 Å². The van der Waals surface area contributed by atoms with Gasteiger partial charge >= 0.3 is 0 Å². The highest BCUT2D eigenvalue weighted by atomic mass is 35.5. The topological polar surface area (TPSA) is 67.6 Å². The van der Waals surface area contributed by atoms with Gasteiger partial charge in [-0.25, -0.2) is 0 Å². The molecule has 1 aliphatic rings. The monoisotopic (exact) mass is 461 g/mol. The van der Waals surface area contributed by atoms with E-state index in [0.29, 0.717) is 41.4 Å². The van der Waals surface area contributed by atoms with Crippen molar-refractivity contribution in [3.05, 3.63) is 89.3 Å². The third-order valence-electron chi connectivity index (χ3n) is 6.10. The van der Waals surface area contributed by atoms with Gasteiger partial charge in [0.05, 0.1) is 23.1 Å². The highest BCUT2D eigenvalue weighted by Gasteiger charge is 2.24. The van der Waals surface area contributed by atoms with Gasteiger partial charge in [0.1, 0.15) is 0 Å².